The van der Waals surface area contributed by atoms with Gasteiger partial charge in [-0.3, -0.25) is 13.9 Å². The van der Waals surface area contributed by atoms with Crippen LogP contribution in [-0.2, 0) is 26.2 Å². The lowest BCUT2D eigenvalue weighted by atomic mass is 9.95. The number of sulfonamides is 1. The van der Waals surface area contributed by atoms with Crippen molar-refractivity contribution >= 4 is 39.1 Å². The molecule has 0 heterocycles. The Kier molecular flexibility index (Phi) is 10.8. The van der Waals surface area contributed by atoms with E-state index >= 15 is 0 Å². The van der Waals surface area contributed by atoms with Crippen molar-refractivity contribution in [3.63, 3.8) is 0 Å². The van der Waals surface area contributed by atoms with Gasteiger partial charge in [0, 0.05) is 30.6 Å². The Morgan fingerprint density at radius 3 is 2.39 bits per heavy atom. The quantitative estimate of drug-likeness (QED) is 0.401. The second-order valence-electron chi connectivity index (χ2n) is 9.74. The lowest BCUT2D eigenvalue weighted by molar-refractivity contribution is -0.141. The number of anilines is 1. The minimum Gasteiger partial charge on any atom is -0.495 e. The molecule has 0 spiro atoms. The number of halogens is 1. The number of carbonyl (C=O) groups is 2. The third-order valence-corrected chi connectivity index (χ3v) is 8.47. The van der Waals surface area contributed by atoms with Gasteiger partial charge in [-0.15, -0.1) is 0 Å². The smallest absolute Gasteiger partial charge is 0.242 e. The molecule has 1 aliphatic rings. The maximum absolute atomic E-state index is 13.5. The number of rotatable bonds is 12. The second kappa shape index (κ2) is 13.8. The summed E-state index contributed by atoms with van der Waals surface area (Å²) in [6.45, 7) is 2.00. The second-order valence-corrected chi connectivity index (χ2v) is 12.1. The largest absolute Gasteiger partial charge is 0.495 e. The van der Waals surface area contributed by atoms with Gasteiger partial charge in [-0.05, 0) is 49.9 Å². The first kappa shape index (κ1) is 29.8. The number of hydrogen-bond acceptors (Lipinski definition) is 5. The normalized spacial score (nSPS) is 14.9. The lowest BCUT2D eigenvalue weighted by Crippen LogP contribution is -2.50. The van der Waals surface area contributed by atoms with Crippen molar-refractivity contribution in [1.29, 1.82) is 0 Å². The first-order chi connectivity index (χ1) is 18.1. The maximum atomic E-state index is 13.5. The van der Waals surface area contributed by atoms with Crippen LogP contribution in [0.3, 0.4) is 0 Å². The molecule has 1 fully saturated rings. The van der Waals surface area contributed by atoms with Crippen LogP contribution in [0.1, 0.15) is 57.4 Å². The van der Waals surface area contributed by atoms with Crippen LogP contribution in [0.15, 0.2) is 48.5 Å². The fourth-order valence-electron chi connectivity index (χ4n) is 4.78. The van der Waals surface area contributed by atoms with E-state index in [2.05, 4.69) is 5.32 Å². The average molecular weight is 564 g/mol. The molecular weight excluding hydrogens is 526 g/mol. The molecule has 10 heteroatoms. The van der Waals surface area contributed by atoms with Gasteiger partial charge in [0.1, 0.15) is 11.8 Å². The topological polar surface area (TPSA) is 96.0 Å². The third kappa shape index (κ3) is 8.11. The Hall–Kier alpha value is -2.78. The summed E-state index contributed by atoms with van der Waals surface area (Å²) in [5.41, 5.74) is 1.16. The summed E-state index contributed by atoms with van der Waals surface area (Å²) in [6.07, 6.45) is 6.70. The van der Waals surface area contributed by atoms with Gasteiger partial charge in [0.05, 0.1) is 19.1 Å². The monoisotopic (exact) mass is 563 g/mol. The molecule has 208 valence electrons. The van der Waals surface area contributed by atoms with Crippen LogP contribution in [0, 0.1) is 0 Å². The van der Waals surface area contributed by atoms with Crippen LogP contribution >= 0.6 is 11.6 Å². The molecule has 2 aromatic carbocycles. The predicted molar refractivity (Wildman–Crippen MR) is 151 cm³/mol. The number of nitrogens with zero attached hydrogens (tertiary/aromatic N) is 2. The van der Waals surface area contributed by atoms with Crippen molar-refractivity contribution in [2.45, 2.75) is 70.5 Å². The summed E-state index contributed by atoms with van der Waals surface area (Å²) in [5, 5.41) is 3.63. The standard InChI is InChI=1S/C28H38ClN3O5S/c1-21(28(34)30-23-13-5-4-6-14-23)31(20-22-12-7-8-15-24(22)29)27(33)18-11-19-32(38(3,35)36)25-16-9-10-17-26(25)37-2/h7-10,12,15-17,21,23H,4-6,11,13-14,18-20H2,1-3H3,(H,30,34)/t21-/m0/s1. The summed E-state index contributed by atoms with van der Waals surface area (Å²) in [7, 11) is -2.14. The van der Waals surface area contributed by atoms with E-state index in [0.717, 1.165) is 37.5 Å². The van der Waals surface area contributed by atoms with Crippen molar-refractivity contribution in [1.82, 2.24) is 10.2 Å². The van der Waals surface area contributed by atoms with Gasteiger partial charge >= 0.3 is 0 Å². The molecule has 8 nitrogen and oxygen atoms in total. The van der Waals surface area contributed by atoms with E-state index in [1.54, 1.807) is 37.3 Å². The molecule has 38 heavy (non-hydrogen) atoms. The van der Waals surface area contributed by atoms with Crippen LogP contribution < -0.4 is 14.4 Å². The Bertz CT molecular complexity index is 1200. The molecule has 0 aromatic heterocycles. The molecule has 1 atom stereocenters. The van der Waals surface area contributed by atoms with Gasteiger partial charge in [0.25, 0.3) is 0 Å². The number of nitrogens with one attached hydrogen (secondary N) is 1. The van der Waals surface area contributed by atoms with Gasteiger partial charge in [-0.1, -0.05) is 61.2 Å². The fraction of sp³-hybridized carbons (Fsp3) is 0.500. The van der Waals surface area contributed by atoms with Crippen LogP contribution in [0.2, 0.25) is 5.02 Å². The number of benzene rings is 2. The molecule has 2 aromatic rings. The van der Waals surface area contributed by atoms with Gasteiger partial charge in [0.15, 0.2) is 0 Å². The SMILES string of the molecule is COc1ccccc1N(CCCC(=O)N(Cc1ccccc1Cl)[C@@H](C)C(=O)NC1CCCCC1)S(C)(=O)=O. The fourth-order valence-corrected chi connectivity index (χ4v) is 5.94. The van der Waals surface area contributed by atoms with Gasteiger partial charge < -0.3 is 15.0 Å². The summed E-state index contributed by atoms with van der Waals surface area (Å²) in [5.74, 6) is -0.00798. The van der Waals surface area contributed by atoms with Crippen molar-refractivity contribution in [3.05, 3.63) is 59.1 Å². The van der Waals surface area contributed by atoms with Crippen molar-refractivity contribution in [2.24, 2.45) is 0 Å². The van der Waals surface area contributed by atoms with E-state index in [1.807, 2.05) is 18.2 Å². The third-order valence-electron chi connectivity index (χ3n) is 6.92. The average Bonchev–Trinajstić information content (AvgIpc) is 2.90. The highest BCUT2D eigenvalue weighted by Gasteiger charge is 2.29. The Morgan fingerprint density at radius 2 is 1.74 bits per heavy atom. The first-order valence-corrected chi connectivity index (χ1v) is 15.3. The first-order valence-electron chi connectivity index (χ1n) is 13.1. The number of amides is 2. The highest BCUT2D eigenvalue weighted by molar-refractivity contribution is 7.92. The highest BCUT2D eigenvalue weighted by atomic mass is 35.5. The maximum Gasteiger partial charge on any atom is 0.242 e. The summed E-state index contributed by atoms with van der Waals surface area (Å²) >= 11 is 6.38. The number of carbonyl (C=O) groups excluding carboxylic acids is 2. The Morgan fingerprint density at radius 1 is 1.08 bits per heavy atom. The van der Waals surface area contributed by atoms with Crippen LogP contribution in [-0.4, -0.2) is 57.1 Å². The number of ether oxygens (including phenoxy) is 1. The highest BCUT2D eigenvalue weighted by Crippen LogP contribution is 2.30. The molecule has 1 aliphatic carbocycles. The van der Waals surface area contributed by atoms with Crippen molar-refractivity contribution in [2.75, 3.05) is 24.2 Å². The molecule has 3 rings (SSSR count). The molecule has 0 bridgehead atoms. The van der Waals surface area contributed by atoms with E-state index < -0.39 is 16.1 Å². The van der Waals surface area contributed by atoms with E-state index in [9.17, 15) is 18.0 Å². The van der Waals surface area contributed by atoms with Crippen LogP contribution in [0.5, 0.6) is 5.75 Å². The van der Waals surface area contributed by atoms with Gasteiger partial charge in [-0.2, -0.15) is 0 Å². The summed E-state index contributed by atoms with van der Waals surface area (Å²) < 4.78 is 31.8. The molecule has 1 N–H and O–H groups in total. The molecule has 1 saturated carbocycles. The summed E-state index contributed by atoms with van der Waals surface area (Å²) in [6, 6.07) is 13.5. The Labute approximate surface area is 231 Å². The van der Waals surface area contributed by atoms with Gasteiger partial charge in [-0.25, -0.2) is 8.42 Å². The van der Waals surface area contributed by atoms with E-state index in [4.69, 9.17) is 16.3 Å². The number of methoxy groups -OCH3 is 1. The van der Waals surface area contributed by atoms with E-state index in [1.165, 1.54) is 22.7 Å². The number of para-hydroxylation sites is 2. The predicted octanol–water partition coefficient (Wildman–Crippen LogP) is 4.76. The molecule has 0 aliphatic heterocycles. The minimum atomic E-state index is -3.62. The van der Waals surface area contributed by atoms with E-state index in [0.29, 0.717) is 16.5 Å². The van der Waals surface area contributed by atoms with Crippen LogP contribution in [0.4, 0.5) is 5.69 Å². The zero-order valence-electron chi connectivity index (χ0n) is 22.4. The number of hydrogen-bond donors (Lipinski definition) is 1. The zero-order valence-corrected chi connectivity index (χ0v) is 23.9. The molecule has 2 amide bonds. The molecule has 0 radical (unpaired) electrons. The van der Waals surface area contributed by atoms with Crippen molar-refractivity contribution < 1.29 is 22.7 Å². The molecular formula is C28H38ClN3O5S. The molecule has 0 saturated heterocycles. The van der Waals surface area contributed by atoms with Gasteiger partial charge in [0.2, 0.25) is 21.8 Å². The lowest BCUT2D eigenvalue weighted by Gasteiger charge is -2.32. The van der Waals surface area contributed by atoms with Crippen molar-refractivity contribution in [3.8, 4) is 5.75 Å². The zero-order chi connectivity index (χ0) is 27.7. The van der Waals surface area contributed by atoms with Crippen LogP contribution in [0.25, 0.3) is 0 Å². The summed E-state index contributed by atoms with van der Waals surface area (Å²) in [4.78, 5) is 28.2. The molecule has 0 unspecified atom stereocenters. The van der Waals surface area contributed by atoms with E-state index in [-0.39, 0.29) is 43.8 Å². The minimum absolute atomic E-state index is 0.0622. The Balaban J connectivity index is 1.74.